The molecule has 0 saturated heterocycles. The molecule has 1 aromatic heterocycles. The van der Waals surface area contributed by atoms with E-state index in [0.29, 0.717) is 19.5 Å². The Kier molecular flexibility index (Phi) is 5.22. The predicted molar refractivity (Wildman–Crippen MR) is 63.9 cm³/mol. The maximum atomic E-state index is 11.5. The zero-order chi connectivity index (χ0) is 11.8. The molecule has 1 aromatic rings. The molecule has 0 aliphatic carbocycles. The molecule has 1 amide bonds. The number of pyridine rings is 1. The van der Waals surface area contributed by atoms with E-state index in [1.54, 1.807) is 18.5 Å². The second-order valence-electron chi connectivity index (χ2n) is 3.52. The summed E-state index contributed by atoms with van der Waals surface area (Å²) in [4.78, 5) is 15.5. The van der Waals surface area contributed by atoms with Gasteiger partial charge in [-0.25, -0.2) is 0 Å². The molecule has 1 heterocycles. The maximum absolute atomic E-state index is 11.5. The van der Waals surface area contributed by atoms with Crippen LogP contribution in [0.4, 0.5) is 0 Å². The minimum atomic E-state index is -0.0146. The van der Waals surface area contributed by atoms with Crippen LogP contribution in [0.3, 0.4) is 0 Å². The summed E-state index contributed by atoms with van der Waals surface area (Å²) in [5.41, 5.74) is 6.65. The molecule has 1 rings (SSSR count). The first-order valence-electron chi connectivity index (χ1n) is 5.25. The number of carbonyl (C=O) groups is 1. The van der Waals surface area contributed by atoms with Crippen molar-refractivity contribution in [1.29, 1.82) is 0 Å². The van der Waals surface area contributed by atoms with Gasteiger partial charge in [0.05, 0.1) is 0 Å². The molecule has 4 heteroatoms. The Morgan fingerprint density at radius 3 is 3.06 bits per heavy atom. The van der Waals surface area contributed by atoms with Crippen LogP contribution in [0.5, 0.6) is 0 Å². The second kappa shape index (κ2) is 6.74. The van der Waals surface area contributed by atoms with E-state index in [0.717, 1.165) is 5.56 Å². The summed E-state index contributed by atoms with van der Waals surface area (Å²) in [6.07, 6.45) is 5.49. The van der Waals surface area contributed by atoms with E-state index in [1.165, 1.54) is 0 Å². The summed E-state index contributed by atoms with van der Waals surface area (Å²) in [7, 11) is 0. The highest BCUT2D eigenvalue weighted by Gasteiger charge is 2.13. The molecule has 1 unspecified atom stereocenters. The van der Waals surface area contributed by atoms with Gasteiger partial charge < -0.3 is 11.1 Å². The van der Waals surface area contributed by atoms with Crippen LogP contribution in [-0.2, 0) is 4.79 Å². The van der Waals surface area contributed by atoms with Crippen LogP contribution in [-0.4, -0.2) is 24.0 Å². The molecule has 0 spiro atoms. The van der Waals surface area contributed by atoms with E-state index in [-0.39, 0.29) is 11.8 Å². The topological polar surface area (TPSA) is 68.0 Å². The van der Waals surface area contributed by atoms with Crippen molar-refractivity contribution in [3.63, 3.8) is 0 Å². The second-order valence-corrected chi connectivity index (χ2v) is 3.52. The van der Waals surface area contributed by atoms with Gasteiger partial charge in [-0.15, -0.1) is 6.58 Å². The fraction of sp³-hybridized carbons (Fsp3) is 0.333. The van der Waals surface area contributed by atoms with Crippen molar-refractivity contribution in [3.05, 3.63) is 42.7 Å². The van der Waals surface area contributed by atoms with Gasteiger partial charge in [0.2, 0.25) is 5.91 Å². The Labute approximate surface area is 95.6 Å². The molecule has 86 valence electrons. The molecule has 16 heavy (non-hydrogen) atoms. The van der Waals surface area contributed by atoms with Gasteiger partial charge in [-0.3, -0.25) is 9.78 Å². The molecule has 0 aliphatic heterocycles. The van der Waals surface area contributed by atoms with E-state index in [4.69, 9.17) is 5.73 Å². The lowest BCUT2D eigenvalue weighted by atomic mass is 9.97. The van der Waals surface area contributed by atoms with E-state index in [1.807, 2.05) is 12.1 Å². The summed E-state index contributed by atoms with van der Waals surface area (Å²) in [5, 5.41) is 2.73. The van der Waals surface area contributed by atoms with Crippen LogP contribution in [0.15, 0.2) is 37.2 Å². The van der Waals surface area contributed by atoms with Gasteiger partial charge in [0.25, 0.3) is 0 Å². The summed E-state index contributed by atoms with van der Waals surface area (Å²) >= 11 is 0. The van der Waals surface area contributed by atoms with Crippen LogP contribution in [0.2, 0.25) is 0 Å². The number of nitrogens with one attached hydrogen (secondary N) is 1. The van der Waals surface area contributed by atoms with Crippen molar-refractivity contribution >= 4 is 5.91 Å². The van der Waals surface area contributed by atoms with Crippen LogP contribution in [0.25, 0.3) is 0 Å². The summed E-state index contributed by atoms with van der Waals surface area (Å²) in [5.74, 6) is 0.0118. The van der Waals surface area contributed by atoms with Crippen LogP contribution >= 0.6 is 0 Å². The van der Waals surface area contributed by atoms with Crippen LogP contribution in [0, 0.1) is 0 Å². The van der Waals surface area contributed by atoms with Crippen molar-refractivity contribution < 1.29 is 4.79 Å². The first-order valence-corrected chi connectivity index (χ1v) is 5.25. The Morgan fingerprint density at radius 1 is 1.69 bits per heavy atom. The number of hydrogen-bond donors (Lipinski definition) is 2. The molecule has 0 aliphatic rings. The number of nitrogens with two attached hydrogens (primary N) is 1. The van der Waals surface area contributed by atoms with Crippen molar-refractivity contribution in [2.75, 3.05) is 13.1 Å². The SMILES string of the molecule is C=CCNC(=O)CC(CN)c1cccnc1. The number of nitrogens with zero attached hydrogens (tertiary/aromatic N) is 1. The van der Waals surface area contributed by atoms with Crippen molar-refractivity contribution in [2.45, 2.75) is 12.3 Å². The zero-order valence-corrected chi connectivity index (χ0v) is 9.23. The number of amides is 1. The Balaban J connectivity index is 2.55. The van der Waals surface area contributed by atoms with Gasteiger partial charge in [-0.1, -0.05) is 12.1 Å². The van der Waals surface area contributed by atoms with E-state index in [2.05, 4.69) is 16.9 Å². The Bertz CT molecular complexity index is 337. The molecule has 3 N–H and O–H groups in total. The van der Waals surface area contributed by atoms with Gasteiger partial charge >= 0.3 is 0 Å². The highest BCUT2D eigenvalue weighted by atomic mass is 16.1. The Hall–Kier alpha value is -1.68. The molecule has 1 atom stereocenters. The fourth-order valence-electron chi connectivity index (χ4n) is 1.44. The third-order valence-electron chi connectivity index (χ3n) is 2.32. The summed E-state index contributed by atoms with van der Waals surface area (Å²) < 4.78 is 0. The minimum absolute atomic E-state index is 0.0146. The largest absolute Gasteiger partial charge is 0.353 e. The highest BCUT2D eigenvalue weighted by molar-refractivity contribution is 5.77. The lowest BCUT2D eigenvalue weighted by Gasteiger charge is -2.13. The van der Waals surface area contributed by atoms with Gasteiger partial charge in [-0.2, -0.15) is 0 Å². The smallest absolute Gasteiger partial charge is 0.220 e. The molecule has 0 fully saturated rings. The molecule has 4 nitrogen and oxygen atoms in total. The molecular formula is C12H17N3O. The molecular weight excluding hydrogens is 202 g/mol. The van der Waals surface area contributed by atoms with Crippen molar-refractivity contribution in [3.8, 4) is 0 Å². The molecule has 0 bridgehead atoms. The number of carbonyl (C=O) groups excluding carboxylic acids is 1. The number of hydrogen-bond acceptors (Lipinski definition) is 3. The van der Waals surface area contributed by atoms with E-state index in [9.17, 15) is 4.79 Å². The summed E-state index contributed by atoms with van der Waals surface area (Å²) in [6.45, 7) is 4.47. The normalized spacial score (nSPS) is 11.8. The molecule has 0 radical (unpaired) electrons. The molecule has 0 saturated carbocycles. The third kappa shape index (κ3) is 3.82. The van der Waals surface area contributed by atoms with Crippen molar-refractivity contribution in [2.24, 2.45) is 5.73 Å². The van der Waals surface area contributed by atoms with E-state index >= 15 is 0 Å². The first kappa shape index (κ1) is 12.4. The highest BCUT2D eigenvalue weighted by Crippen LogP contribution is 2.16. The van der Waals surface area contributed by atoms with Crippen LogP contribution < -0.4 is 11.1 Å². The minimum Gasteiger partial charge on any atom is -0.353 e. The fourth-order valence-corrected chi connectivity index (χ4v) is 1.44. The lowest BCUT2D eigenvalue weighted by Crippen LogP contribution is -2.27. The Morgan fingerprint density at radius 2 is 2.50 bits per heavy atom. The maximum Gasteiger partial charge on any atom is 0.220 e. The molecule has 0 aromatic carbocycles. The first-order chi connectivity index (χ1) is 7.77. The predicted octanol–water partition coefficient (Wildman–Crippen LogP) is 0.816. The number of rotatable bonds is 6. The average molecular weight is 219 g/mol. The van der Waals surface area contributed by atoms with Crippen LogP contribution in [0.1, 0.15) is 17.9 Å². The quantitative estimate of drug-likeness (QED) is 0.696. The zero-order valence-electron chi connectivity index (χ0n) is 9.23. The van der Waals surface area contributed by atoms with Gasteiger partial charge in [-0.05, 0) is 18.2 Å². The van der Waals surface area contributed by atoms with Gasteiger partial charge in [0.15, 0.2) is 0 Å². The monoisotopic (exact) mass is 219 g/mol. The average Bonchev–Trinajstić information content (AvgIpc) is 2.34. The third-order valence-corrected chi connectivity index (χ3v) is 2.32. The lowest BCUT2D eigenvalue weighted by molar-refractivity contribution is -0.121. The van der Waals surface area contributed by atoms with Gasteiger partial charge in [0, 0.05) is 31.3 Å². The van der Waals surface area contributed by atoms with Crippen molar-refractivity contribution in [1.82, 2.24) is 10.3 Å². The number of aromatic nitrogens is 1. The summed E-state index contributed by atoms with van der Waals surface area (Å²) in [6, 6.07) is 3.78. The van der Waals surface area contributed by atoms with E-state index < -0.39 is 0 Å². The van der Waals surface area contributed by atoms with Gasteiger partial charge in [0.1, 0.15) is 0 Å². The standard InChI is InChI=1S/C12H17N3O/c1-2-5-15-12(16)7-11(8-13)10-4-3-6-14-9-10/h2-4,6,9,11H,1,5,7-8,13H2,(H,15,16).